The van der Waals surface area contributed by atoms with E-state index in [2.05, 4.69) is 20.8 Å². The molecule has 0 saturated carbocycles. The van der Waals surface area contributed by atoms with E-state index in [0.29, 0.717) is 18.1 Å². The van der Waals surface area contributed by atoms with Crippen LogP contribution >= 0.6 is 11.6 Å². The first-order valence-electron chi connectivity index (χ1n) is 4.25. The van der Waals surface area contributed by atoms with Gasteiger partial charge in [-0.05, 0) is 18.3 Å². The summed E-state index contributed by atoms with van der Waals surface area (Å²) >= 11 is 5.70. The average molecular weight is 177 g/mol. The van der Waals surface area contributed by atoms with E-state index in [0.717, 1.165) is 6.42 Å². The van der Waals surface area contributed by atoms with Crippen LogP contribution in [0, 0.1) is 5.41 Å². The lowest BCUT2D eigenvalue weighted by Crippen LogP contribution is -2.26. The van der Waals surface area contributed by atoms with Gasteiger partial charge in [0.15, 0.2) is 0 Å². The minimum absolute atomic E-state index is 0.279. The molecule has 66 valence electrons. The number of ether oxygens (including phenoxy) is 1. The van der Waals surface area contributed by atoms with Crippen molar-refractivity contribution in [3.63, 3.8) is 0 Å². The quantitative estimate of drug-likeness (QED) is 0.559. The Morgan fingerprint density at radius 2 is 2.00 bits per heavy atom. The number of hydrogen-bond donors (Lipinski definition) is 0. The van der Waals surface area contributed by atoms with Gasteiger partial charge < -0.3 is 4.74 Å². The molecule has 0 aromatic heterocycles. The molecule has 11 heavy (non-hydrogen) atoms. The van der Waals surface area contributed by atoms with Gasteiger partial charge in [0, 0.05) is 5.88 Å². The van der Waals surface area contributed by atoms with E-state index >= 15 is 0 Å². The third-order valence-electron chi connectivity index (χ3n) is 2.25. The molecule has 0 spiro atoms. The summed E-state index contributed by atoms with van der Waals surface area (Å²) in [5.74, 6) is 0.645. The standard InChI is InChI=1S/C9H17ClO/c1-9(2,3)8-5-4-7(6-10)11-8/h7-8H,4-6H2,1-3H3. The Balaban J connectivity index is 2.42. The summed E-state index contributed by atoms with van der Waals surface area (Å²) in [5, 5.41) is 0. The first-order chi connectivity index (χ1) is 5.04. The molecular weight excluding hydrogens is 160 g/mol. The minimum atomic E-state index is 0.279. The fraction of sp³-hybridized carbons (Fsp3) is 1.00. The molecule has 1 rings (SSSR count). The van der Waals surface area contributed by atoms with Gasteiger partial charge in [0.1, 0.15) is 0 Å². The van der Waals surface area contributed by atoms with E-state index in [9.17, 15) is 0 Å². The molecule has 0 radical (unpaired) electrons. The van der Waals surface area contributed by atoms with Crippen molar-refractivity contribution in [1.29, 1.82) is 0 Å². The highest BCUT2D eigenvalue weighted by Gasteiger charge is 2.33. The van der Waals surface area contributed by atoms with Gasteiger partial charge in [-0.3, -0.25) is 0 Å². The van der Waals surface area contributed by atoms with Crippen LogP contribution in [0.15, 0.2) is 0 Å². The predicted molar refractivity (Wildman–Crippen MR) is 48.1 cm³/mol. The molecular formula is C9H17ClO. The number of halogens is 1. The van der Waals surface area contributed by atoms with Gasteiger partial charge in [0.2, 0.25) is 0 Å². The maximum absolute atomic E-state index is 5.74. The van der Waals surface area contributed by atoms with E-state index in [-0.39, 0.29) is 5.41 Å². The molecule has 1 aliphatic rings. The Kier molecular flexibility index (Phi) is 2.82. The smallest absolute Gasteiger partial charge is 0.0715 e. The summed E-state index contributed by atoms with van der Waals surface area (Å²) in [4.78, 5) is 0. The molecule has 0 aromatic carbocycles. The summed E-state index contributed by atoms with van der Waals surface area (Å²) in [7, 11) is 0. The van der Waals surface area contributed by atoms with Crippen LogP contribution in [0.2, 0.25) is 0 Å². The molecule has 2 unspecified atom stereocenters. The molecule has 2 heteroatoms. The van der Waals surface area contributed by atoms with E-state index in [4.69, 9.17) is 16.3 Å². The Morgan fingerprint density at radius 1 is 1.36 bits per heavy atom. The average Bonchev–Trinajstić information content (AvgIpc) is 2.32. The van der Waals surface area contributed by atoms with Gasteiger partial charge in [0.25, 0.3) is 0 Å². The molecule has 2 atom stereocenters. The molecule has 0 aromatic rings. The van der Waals surface area contributed by atoms with Crippen LogP contribution in [-0.2, 0) is 4.74 Å². The zero-order valence-electron chi connectivity index (χ0n) is 7.56. The van der Waals surface area contributed by atoms with Crippen LogP contribution in [0.4, 0.5) is 0 Å². The SMILES string of the molecule is CC(C)(C)C1CCC(CCl)O1. The fourth-order valence-electron chi connectivity index (χ4n) is 1.46. The Hall–Kier alpha value is 0.250. The Bertz CT molecular complexity index is 128. The molecule has 0 N–H and O–H groups in total. The van der Waals surface area contributed by atoms with Gasteiger partial charge in [0.05, 0.1) is 12.2 Å². The summed E-state index contributed by atoms with van der Waals surface area (Å²) in [6, 6.07) is 0. The van der Waals surface area contributed by atoms with E-state index in [1.807, 2.05) is 0 Å². The van der Waals surface area contributed by atoms with E-state index < -0.39 is 0 Å². The van der Waals surface area contributed by atoms with Crippen molar-refractivity contribution in [1.82, 2.24) is 0 Å². The van der Waals surface area contributed by atoms with Gasteiger partial charge in [-0.15, -0.1) is 11.6 Å². The topological polar surface area (TPSA) is 9.23 Å². The van der Waals surface area contributed by atoms with Crippen LogP contribution in [0.25, 0.3) is 0 Å². The molecule has 1 heterocycles. The Labute approximate surface area is 74.1 Å². The summed E-state index contributed by atoms with van der Waals surface area (Å²) < 4.78 is 5.74. The zero-order valence-corrected chi connectivity index (χ0v) is 8.32. The molecule has 1 nitrogen and oxygen atoms in total. The van der Waals surface area contributed by atoms with E-state index in [1.165, 1.54) is 6.42 Å². The van der Waals surface area contributed by atoms with Crippen LogP contribution < -0.4 is 0 Å². The zero-order chi connectivity index (χ0) is 8.48. The van der Waals surface area contributed by atoms with Gasteiger partial charge in [-0.1, -0.05) is 20.8 Å². The van der Waals surface area contributed by atoms with Crippen molar-refractivity contribution in [2.24, 2.45) is 5.41 Å². The van der Waals surface area contributed by atoms with Gasteiger partial charge >= 0.3 is 0 Å². The lowest BCUT2D eigenvalue weighted by Gasteiger charge is -2.26. The minimum Gasteiger partial charge on any atom is -0.373 e. The third-order valence-corrected chi connectivity index (χ3v) is 2.59. The molecule has 1 fully saturated rings. The first kappa shape index (κ1) is 9.34. The lowest BCUT2D eigenvalue weighted by atomic mass is 9.87. The highest BCUT2D eigenvalue weighted by Crippen LogP contribution is 2.33. The van der Waals surface area contributed by atoms with E-state index in [1.54, 1.807) is 0 Å². The van der Waals surface area contributed by atoms with Crippen molar-refractivity contribution in [3.8, 4) is 0 Å². The van der Waals surface area contributed by atoms with Gasteiger partial charge in [-0.2, -0.15) is 0 Å². The summed E-state index contributed by atoms with van der Waals surface area (Å²) in [6.45, 7) is 6.65. The normalized spacial score (nSPS) is 32.7. The maximum Gasteiger partial charge on any atom is 0.0715 e. The van der Waals surface area contributed by atoms with Crippen LogP contribution in [0.1, 0.15) is 33.6 Å². The fourth-order valence-corrected chi connectivity index (χ4v) is 1.68. The van der Waals surface area contributed by atoms with Crippen molar-refractivity contribution in [2.75, 3.05) is 5.88 Å². The van der Waals surface area contributed by atoms with Crippen LogP contribution in [0.5, 0.6) is 0 Å². The number of hydrogen-bond acceptors (Lipinski definition) is 1. The van der Waals surface area contributed by atoms with Crippen molar-refractivity contribution in [3.05, 3.63) is 0 Å². The first-order valence-corrected chi connectivity index (χ1v) is 4.79. The second-order valence-corrected chi connectivity index (χ2v) is 4.65. The highest BCUT2D eigenvalue weighted by atomic mass is 35.5. The predicted octanol–water partition coefficient (Wildman–Crippen LogP) is 2.82. The molecule has 0 amide bonds. The second-order valence-electron chi connectivity index (χ2n) is 4.34. The lowest BCUT2D eigenvalue weighted by molar-refractivity contribution is -0.00681. The maximum atomic E-state index is 5.74. The van der Waals surface area contributed by atoms with Crippen LogP contribution in [-0.4, -0.2) is 18.1 Å². The number of rotatable bonds is 1. The second kappa shape index (κ2) is 3.32. The van der Waals surface area contributed by atoms with Crippen molar-refractivity contribution >= 4 is 11.6 Å². The third kappa shape index (κ3) is 2.34. The summed E-state index contributed by atoms with van der Waals surface area (Å²) in [5.41, 5.74) is 0.279. The van der Waals surface area contributed by atoms with Crippen LogP contribution in [0.3, 0.4) is 0 Å². The molecule has 0 aliphatic carbocycles. The highest BCUT2D eigenvalue weighted by molar-refractivity contribution is 6.18. The van der Waals surface area contributed by atoms with Gasteiger partial charge in [-0.25, -0.2) is 0 Å². The Morgan fingerprint density at radius 3 is 2.27 bits per heavy atom. The van der Waals surface area contributed by atoms with Crippen molar-refractivity contribution in [2.45, 2.75) is 45.8 Å². The molecule has 1 saturated heterocycles. The monoisotopic (exact) mass is 176 g/mol. The largest absolute Gasteiger partial charge is 0.373 e. The molecule has 1 aliphatic heterocycles. The molecule has 0 bridgehead atoms. The van der Waals surface area contributed by atoms with Crippen molar-refractivity contribution < 1.29 is 4.74 Å². The summed E-state index contributed by atoms with van der Waals surface area (Å²) in [6.07, 6.45) is 3.01. The number of alkyl halides is 1.